The van der Waals surface area contributed by atoms with Gasteiger partial charge in [-0.2, -0.15) is 0 Å². The number of rotatable bonds is 5. The molecule has 3 rings (SSSR count). The zero-order chi connectivity index (χ0) is 17.5. The molecule has 2 fully saturated rings. The number of aromatic nitrogens is 1. The van der Waals surface area contributed by atoms with Crippen molar-refractivity contribution in [2.24, 2.45) is 10.4 Å². The quantitative estimate of drug-likeness (QED) is 0.393. The first-order chi connectivity index (χ1) is 12.2. The monoisotopic (exact) mass is 471 g/mol. The Morgan fingerprint density at radius 3 is 2.62 bits per heavy atom. The van der Waals surface area contributed by atoms with Crippen LogP contribution in [0.5, 0.6) is 0 Å². The summed E-state index contributed by atoms with van der Waals surface area (Å²) >= 11 is 0. The smallest absolute Gasteiger partial charge is 0.191 e. The van der Waals surface area contributed by atoms with Gasteiger partial charge in [-0.15, -0.1) is 24.0 Å². The number of aliphatic imine (C=N–C) groups is 1. The molecule has 2 heterocycles. The van der Waals surface area contributed by atoms with Gasteiger partial charge in [0, 0.05) is 45.5 Å². The van der Waals surface area contributed by atoms with E-state index in [0.717, 1.165) is 50.7 Å². The molecule has 0 atom stereocenters. The summed E-state index contributed by atoms with van der Waals surface area (Å²) in [6.07, 6.45) is 9.61. The number of halogens is 1. The standard InChI is InChI=1S/C20H33N5.HI/c1-20(10-4-5-11-20)16-23-19(21-2)24-17-8-13-25(14-9-17)15-18-7-3-6-12-22-18;/h3,6-7,12,17H,4-5,8-11,13-16H2,1-2H3,(H2,21,23,24);1H. The minimum absolute atomic E-state index is 0. The molecule has 2 N–H and O–H groups in total. The van der Waals surface area contributed by atoms with Crippen molar-refractivity contribution < 1.29 is 0 Å². The minimum Gasteiger partial charge on any atom is -0.356 e. The third kappa shape index (κ3) is 6.37. The predicted octanol–water partition coefficient (Wildman–Crippen LogP) is 3.41. The summed E-state index contributed by atoms with van der Waals surface area (Å²) in [6, 6.07) is 6.67. The first-order valence-corrected chi connectivity index (χ1v) is 9.76. The Balaban J connectivity index is 0.00000243. The molecule has 1 aliphatic heterocycles. The summed E-state index contributed by atoms with van der Waals surface area (Å²) in [5.74, 6) is 0.969. The molecule has 0 unspecified atom stereocenters. The van der Waals surface area contributed by atoms with Gasteiger partial charge >= 0.3 is 0 Å². The zero-order valence-corrected chi connectivity index (χ0v) is 18.5. The second kappa shape index (κ2) is 10.4. The molecule has 26 heavy (non-hydrogen) atoms. The van der Waals surface area contributed by atoms with Crippen LogP contribution in [0.1, 0.15) is 51.1 Å². The van der Waals surface area contributed by atoms with Crippen molar-refractivity contribution in [2.45, 2.75) is 58.0 Å². The largest absolute Gasteiger partial charge is 0.356 e. The number of hydrogen-bond donors (Lipinski definition) is 2. The lowest BCUT2D eigenvalue weighted by Gasteiger charge is -2.33. The first kappa shape index (κ1) is 21.4. The number of guanidine groups is 1. The van der Waals surface area contributed by atoms with E-state index in [1.807, 2.05) is 19.3 Å². The highest BCUT2D eigenvalue weighted by atomic mass is 127. The second-order valence-electron chi connectivity index (χ2n) is 7.96. The summed E-state index contributed by atoms with van der Waals surface area (Å²) in [5, 5.41) is 7.19. The van der Waals surface area contributed by atoms with Gasteiger partial charge in [-0.1, -0.05) is 25.8 Å². The van der Waals surface area contributed by atoms with E-state index in [9.17, 15) is 0 Å². The fourth-order valence-corrected chi connectivity index (χ4v) is 4.05. The Labute approximate surface area is 175 Å². The van der Waals surface area contributed by atoms with Crippen molar-refractivity contribution in [3.05, 3.63) is 30.1 Å². The van der Waals surface area contributed by atoms with Crippen molar-refractivity contribution in [1.82, 2.24) is 20.5 Å². The lowest BCUT2D eigenvalue weighted by Crippen LogP contribution is -2.50. The van der Waals surface area contributed by atoms with Gasteiger partial charge in [-0.25, -0.2) is 0 Å². The number of piperidine rings is 1. The molecular formula is C20H34IN5. The summed E-state index contributed by atoms with van der Waals surface area (Å²) in [5.41, 5.74) is 1.61. The van der Waals surface area contributed by atoms with Gasteiger partial charge in [0.2, 0.25) is 0 Å². The lowest BCUT2D eigenvalue weighted by atomic mass is 9.89. The number of nitrogens with zero attached hydrogens (tertiary/aromatic N) is 3. The highest BCUT2D eigenvalue weighted by molar-refractivity contribution is 14.0. The van der Waals surface area contributed by atoms with E-state index in [0.29, 0.717) is 11.5 Å². The molecule has 0 aromatic carbocycles. The van der Waals surface area contributed by atoms with E-state index in [1.165, 1.54) is 25.7 Å². The molecule has 1 saturated carbocycles. The minimum atomic E-state index is 0. The van der Waals surface area contributed by atoms with Gasteiger partial charge in [0.1, 0.15) is 0 Å². The molecule has 2 aliphatic rings. The fraction of sp³-hybridized carbons (Fsp3) is 0.700. The average molecular weight is 471 g/mol. The van der Waals surface area contributed by atoms with Crippen molar-refractivity contribution in [2.75, 3.05) is 26.7 Å². The Morgan fingerprint density at radius 2 is 2.00 bits per heavy atom. The Kier molecular flexibility index (Phi) is 8.60. The van der Waals surface area contributed by atoms with E-state index < -0.39 is 0 Å². The molecular weight excluding hydrogens is 437 g/mol. The second-order valence-corrected chi connectivity index (χ2v) is 7.96. The third-order valence-electron chi connectivity index (χ3n) is 5.76. The van der Waals surface area contributed by atoms with E-state index in [-0.39, 0.29) is 24.0 Å². The summed E-state index contributed by atoms with van der Waals surface area (Å²) in [6.45, 7) is 6.62. The van der Waals surface area contributed by atoms with Crippen molar-refractivity contribution in [3.8, 4) is 0 Å². The highest BCUT2D eigenvalue weighted by Gasteiger charge is 2.29. The molecule has 0 bridgehead atoms. The Morgan fingerprint density at radius 1 is 1.27 bits per heavy atom. The number of nitrogens with one attached hydrogen (secondary N) is 2. The van der Waals surface area contributed by atoms with Crippen LogP contribution in [0.2, 0.25) is 0 Å². The Bertz CT molecular complexity index is 549. The summed E-state index contributed by atoms with van der Waals surface area (Å²) < 4.78 is 0. The highest BCUT2D eigenvalue weighted by Crippen LogP contribution is 2.36. The van der Waals surface area contributed by atoms with Gasteiger partial charge in [-0.3, -0.25) is 14.9 Å². The SMILES string of the molecule is CN=C(NCC1(C)CCCC1)NC1CCN(Cc2ccccn2)CC1.I. The summed E-state index contributed by atoms with van der Waals surface area (Å²) in [4.78, 5) is 11.4. The molecule has 1 aromatic heterocycles. The molecule has 0 radical (unpaired) electrons. The van der Waals surface area contributed by atoms with Crippen LogP contribution < -0.4 is 10.6 Å². The van der Waals surface area contributed by atoms with E-state index in [4.69, 9.17) is 0 Å². The van der Waals surface area contributed by atoms with E-state index in [2.05, 4.69) is 44.6 Å². The molecule has 6 heteroatoms. The first-order valence-electron chi connectivity index (χ1n) is 9.76. The maximum Gasteiger partial charge on any atom is 0.191 e. The van der Waals surface area contributed by atoms with Crippen LogP contribution in [0, 0.1) is 5.41 Å². The molecule has 1 saturated heterocycles. The zero-order valence-electron chi connectivity index (χ0n) is 16.2. The molecule has 1 aromatic rings. The molecule has 146 valence electrons. The normalized spacial score (nSPS) is 21.2. The van der Waals surface area contributed by atoms with Crippen LogP contribution >= 0.6 is 24.0 Å². The maximum atomic E-state index is 4.44. The number of hydrogen-bond acceptors (Lipinski definition) is 3. The van der Waals surface area contributed by atoms with Gasteiger partial charge in [0.15, 0.2) is 5.96 Å². The van der Waals surface area contributed by atoms with Gasteiger partial charge in [0.05, 0.1) is 5.69 Å². The Hall–Kier alpha value is -0.890. The predicted molar refractivity (Wildman–Crippen MR) is 119 cm³/mol. The van der Waals surface area contributed by atoms with Gasteiger partial charge in [0.25, 0.3) is 0 Å². The summed E-state index contributed by atoms with van der Waals surface area (Å²) in [7, 11) is 1.88. The van der Waals surface area contributed by atoms with E-state index in [1.54, 1.807) is 0 Å². The van der Waals surface area contributed by atoms with Gasteiger partial charge in [-0.05, 0) is 43.2 Å². The fourth-order valence-electron chi connectivity index (χ4n) is 4.05. The van der Waals surface area contributed by atoms with Crippen LogP contribution in [0.3, 0.4) is 0 Å². The molecule has 0 spiro atoms. The van der Waals surface area contributed by atoms with E-state index >= 15 is 0 Å². The maximum absolute atomic E-state index is 4.44. The molecule has 0 amide bonds. The van der Waals surface area contributed by atoms with Crippen LogP contribution in [0.4, 0.5) is 0 Å². The van der Waals surface area contributed by atoms with Crippen molar-refractivity contribution >= 4 is 29.9 Å². The van der Waals surface area contributed by atoms with Crippen molar-refractivity contribution in [1.29, 1.82) is 0 Å². The van der Waals surface area contributed by atoms with Crippen LogP contribution in [-0.2, 0) is 6.54 Å². The number of likely N-dealkylation sites (tertiary alicyclic amines) is 1. The third-order valence-corrected chi connectivity index (χ3v) is 5.76. The van der Waals surface area contributed by atoms with Crippen LogP contribution in [0.15, 0.2) is 29.4 Å². The lowest BCUT2D eigenvalue weighted by molar-refractivity contribution is 0.196. The van der Waals surface area contributed by atoms with Crippen LogP contribution in [-0.4, -0.2) is 48.6 Å². The average Bonchev–Trinajstić information content (AvgIpc) is 3.08. The van der Waals surface area contributed by atoms with Crippen molar-refractivity contribution in [3.63, 3.8) is 0 Å². The number of pyridine rings is 1. The molecule has 5 nitrogen and oxygen atoms in total. The molecule has 1 aliphatic carbocycles. The van der Waals surface area contributed by atoms with Crippen LogP contribution in [0.25, 0.3) is 0 Å². The van der Waals surface area contributed by atoms with Gasteiger partial charge < -0.3 is 10.6 Å². The topological polar surface area (TPSA) is 52.6 Å².